The minimum absolute atomic E-state index is 0.115. The van der Waals surface area contributed by atoms with Gasteiger partial charge in [-0.2, -0.15) is 0 Å². The molecule has 2 fully saturated rings. The number of nitrogens with zero attached hydrogens (tertiary/aromatic N) is 2. The van der Waals surface area contributed by atoms with Crippen LogP contribution in [0.2, 0.25) is 0 Å². The number of carbonyl (C=O) groups is 4. The smallest absolute Gasteiger partial charge is 0.407 e. The maximum absolute atomic E-state index is 12.5. The molecule has 4 rings (SSSR count). The van der Waals surface area contributed by atoms with Crippen molar-refractivity contribution >= 4 is 23.9 Å². The first-order chi connectivity index (χ1) is 14.3. The summed E-state index contributed by atoms with van der Waals surface area (Å²) in [5.41, 5.74) is 1.000. The normalized spacial score (nSPS) is 24.3. The number of aliphatic carboxylic acids is 1. The summed E-state index contributed by atoms with van der Waals surface area (Å²) in [5, 5.41) is 21.5. The fourth-order valence-electron chi connectivity index (χ4n) is 4.52. The molecular weight excluding hydrogens is 394 g/mol. The van der Waals surface area contributed by atoms with Gasteiger partial charge in [0.05, 0.1) is 6.04 Å². The average Bonchev–Trinajstić information content (AvgIpc) is 3.03. The molecule has 0 radical (unpaired) electrons. The molecule has 30 heavy (non-hydrogen) atoms. The summed E-state index contributed by atoms with van der Waals surface area (Å²) in [6.07, 6.45) is -0.228. The molecular formula is C20H21N3O7. The van der Waals surface area contributed by atoms with Crippen molar-refractivity contribution in [1.82, 2.24) is 15.1 Å². The van der Waals surface area contributed by atoms with Crippen molar-refractivity contribution in [3.05, 3.63) is 41.1 Å². The molecule has 1 unspecified atom stereocenters. The number of hydrogen-bond acceptors (Lipinski definition) is 6. The largest absolute Gasteiger partial charge is 0.508 e. The first-order valence-corrected chi connectivity index (χ1v) is 9.54. The number of amides is 3. The van der Waals surface area contributed by atoms with Gasteiger partial charge in [0.2, 0.25) is 5.91 Å². The number of nitrogens with one attached hydrogen (secondary N) is 1. The number of carboxylic acid groups (broad SMARTS) is 1. The van der Waals surface area contributed by atoms with Crippen LogP contribution in [0.3, 0.4) is 0 Å². The van der Waals surface area contributed by atoms with Gasteiger partial charge in [-0.25, -0.2) is 9.59 Å². The van der Waals surface area contributed by atoms with Crippen LogP contribution in [-0.2, 0) is 25.7 Å². The second-order valence-corrected chi connectivity index (χ2v) is 7.53. The Hall–Kier alpha value is -3.56. The Morgan fingerprint density at radius 1 is 1.23 bits per heavy atom. The van der Waals surface area contributed by atoms with Crippen molar-refractivity contribution in [3.63, 3.8) is 0 Å². The predicted octanol–water partition coefficient (Wildman–Crippen LogP) is 0.418. The summed E-state index contributed by atoms with van der Waals surface area (Å²) in [6, 6.07) is 5.22. The molecule has 3 amide bonds. The molecule has 0 aromatic heterocycles. The maximum Gasteiger partial charge on any atom is 0.407 e. The van der Waals surface area contributed by atoms with E-state index in [2.05, 4.69) is 5.32 Å². The van der Waals surface area contributed by atoms with Gasteiger partial charge in [0.1, 0.15) is 24.1 Å². The second-order valence-electron chi connectivity index (χ2n) is 7.53. The van der Waals surface area contributed by atoms with Gasteiger partial charge >= 0.3 is 12.1 Å². The Bertz CT molecular complexity index is 956. The molecule has 3 heterocycles. The second kappa shape index (κ2) is 7.36. The van der Waals surface area contributed by atoms with Crippen LogP contribution in [0.5, 0.6) is 5.75 Å². The van der Waals surface area contributed by atoms with E-state index in [-0.39, 0.29) is 36.4 Å². The Balaban J connectivity index is 1.44. The van der Waals surface area contributed by atoms with Gasteiger partial charge in [-0.1, -0.05) is 12.1 Å². The zero-order chi connectivity index (χ0) is 21.6. The molecule has 0 saturated carbocycles. The van der Waals surface area contributed by atoms with E-state index in [1.807, 2.05) is 0 Å². The highest BCUT2D eigenvalue weighted by Crippen LogP contribution is 2.48. The molecule has 3 aliphatic rings. The van der Waals surface area contributed by atoms with Crippen LogP contribution in [0.15, 0.2) is 35.5 Å². The van der Waals surface area contributed by atoms with Gasteiger partial charge in [-0.15, -0.1) is 0 Å². The number of phenolic OH excluding ortho intramolecular Hbond substituents is 1. The Labute approximate surface area is 171 Å². The quantitative estimate of drug-likeness (QED) is 0.593. The molecule has 0 aliphatic carbocycles. The Morgan fingerprint density at radius 2 is 1.93 bits per heavy atom. The van der Waals surface area contributed by atoms with Crippen molar-refractivity contribution in [3.8, 4) is 5.75 Å². The number of likely N-dealkylation sites (tertiary alicyclic amines) is 1. The lowest BCUT2D eigenvalue weighted by Gasteiger charge is -2.53. The SMILES string of the molecule is CC(=O)N1CCC2C(COC(=O)NCc3ccc(O)cc3)=C(C(=O)O)N3C(=O)[C@@H]1[C@@H]23. The van der Waals surface area contributed by atoms with Crippen molar-refractivity contribution in [1.29, 1.82) is 0 Å². The standard InChI is InChI=1S/C20H21N3O7/c1-10(24)22-7-6-13-14(16(19(27)28)23-15(13)17(22)18(23)26)9-30-20(29)21-8-11-2-4-12(25)5-3-11/h2-5,13,15,17,25H,6-9H2,1H3,(H,21,29)(H,27,28)/t13?,15-,17+/m1/s1. The van der Waals surface area contributed by atoms with Crippen LogP contribution in [0.1, 0.15) is 18.9 Å². The Morgan fingerprint density at radius 3 is 2.57 bits per heavy atom. The number of aromatic hydroxyl groups is 1. The molecule has 0 bridgehead atoms. The molecule has 1 aromatic rings. The number of carbonyl (C=O) groups excluding carboxylic acids is 3. The third-order valence-corrected chi connectivity index (χ3v) is 5.87. The number of benzene rings is 1. The summed E-state index contributed by atoms with van der Waals surface area (Å²) in [6.45, 7) is 1.67. The summed E-state index contributed by atoms with van der Waals surface area (Å²) in [7, 11) is 0. The molecule has 158 valence electrons. The number of alkyl carbamates (subject to hydrolysis) is 1. The third-order valence-electron chi connectivity index (χ3n) is 5.87. The molecule has 3 atom stereocenters. The topological polar surface area (TPSA) is 136 Å². The van der Waals surface area contributed by atoms with Gasteiger partial charge in [0.25, 0.3) is 5.91 Å². The van der Waals surface area contributed by atoms with Crippen LogP contribution in [0.25, 0.3) is 0 Å². The van der Waals surface area contributed by atoms with Crippen LogP contribution in [-0.4, -0.2) is 69.1 Å². The number of piperidine rings is 1. The van der Waals surface area contributed by atoms with Crippen LogP contribution in [0, 0.1) is 5.92 Å². The van der Waals surface area contributed by atoms with Crippen LogP contribution >= 0.6 is 0 Å². The fourth-order valence-corrected chi connectivity index (χ4v) is 4.52. The van der Waals surface area contributed by atoms with Crippen molar-refractivity contribution < 1.29 is 34.1 Å². The number of β-lactam (4-membered cyclic amide) rings is 1. The maximum atomic E-state index is 12.5. The first kappa shape index (κ1) is 19.7. The number of ether oxygens (including phenoxy) is 1. The van der Waals surface area contributed by atoms with Crippen molar-refractivity contribution in [2.45, 2.75) is 32.0 Å². The van der Waals surface area contributed by atoms with E-state index in [1.54, 1.807) is 12.1 Å². The lowest BCUT2D eigenvalue weighted by Crippen LogP contribution is -2.73. The molecule has 0 spiro atoms. The minimum atomic E-state index is -1.26. The van der Waals surface area contributed by atoms with Gasteiger partial charge in [0.15, 0.2) is 0 Å². The van der Waals surface area contributed by atoms with E-state index in [1.165, 1.54) is 28.9 Å². The van der Waals surface area contributed by atoms with E-state index in [0.29, 0.717) is 18.5 Å². The lowest BCUT2D eigenvalue weighted by atomic mass is 9.78. The fraction of sp³-hybridized carbons (Fsp3) is 0.400. The summed E-state index contributed by atoms with van der Waals surface area (Å²) in [4.78, 5) is 51.0. The zero-order valence-electron chi connectivity index (χ0n) is 16.2. The number of carboxylic acids is 1. The van der Waals surface area contributed by atoms with Gasteiger partial charge in [0, 0.05) is 31.5 Å². The summed E-state index contributed by atoms with van der Waals surface area (Å²) < 4.78 is 5.24. The van der Waals surface area contributed by atoms with E-state index >= 15 is 0 Å². The summed E-state index contributed by atoms with van der Waals surface area (Å²) in [5.74, 6) is -2.04. The highest BCUT2D eigenvalue weighted by Gasteiger charge is 2.64. The zero-order valence-corrected chi connectivity index (χ0v) is 16.2. The van der Waals surface area contributed by atoms with Crippen LogP contribution < -0.4 is 5.32 Å². The lowest BCUT2D eigenvalue weighted by molar-refractivity contribution is -0.168. The first-order valence-electron chi connectivity index (χ1n) is 9.54. The molecule has 10 heteroatoms. The van der Waals surface area contributed by atoms with Gasteiger partial charge in [-0.3, -0.25) is 14.5 Å². The molecule has 1 aromatic carbocycles. The number of phenols is 1. The predicted molar refractivity (Wildman–Crippen MR) is 101 cm³/mol. The molecule has 10 nitrogen and oxygen atoms in total. The van der Waals surface area contributed by atoms with Crippen molar-refractivity contribution in [2.24, 2.45) is 5.92 Å². The van der Waals surface area contributed by atoms with E-state index < -0.39 is 30.1 Å². The van der Waals surface area contributed by atoms with Gasteiger partial charge in [-0.05, 0) is 24.1 Å². The summed E-state index contributed by atoms with van der Waals surface area (Å²) >= 11 is 0. The van der Waals surface area contributed by atoms with E-state index in [4.69, 9.17) is 4.74 Å². The number of hydrogen-bond donors (Lipinski definition) is 3. The average molecular weight is 415 g/mol. The Kier molecular flexibility index (Phi) is 4.84. The minimum Gasteiger partial charge on any atom is -0.508 e. The molecule has 2 saturated heterocycles. The molecule has 3 N–H and O–H groups in total. The van der Waals surface area contributed by atoms with Crippen molar-refractivity contribution in [2.75, 3.05) is 13.2 Å². The highest BCUT2D eigenvalue weighted by molar-refractivity contribution is 6.03. The van der Waals surface area contributed by atoms with Crippen LogP contribution in [0.4, 0.5) is 4.79 Å². The van der Waals surface area contributed by atoms with Gasteiger partial charge < -0.3 is 25.2 Å². The third kappa shape index (κ3) is 3.14. The molecule has 3 aliphatic heterocycles. The van der Waals surface area contributed by atoms with E-state index in [9.17, 15) is 29.4 Å². The number of rotatable bonds is 5. The van der Waals surface area contributed by atoms with E-state index in [0.717, 1.165) is 5.56 Å². The highest BCUT2D eigenvalue weighted by atomic mass is 16.5. The monoisotopic (exact) mass is 415 g/mol.